The minimum absolute atomic E-state index is 0.743. The maximum absolute atomic E-state index is 5.40. The highest BCUT2D eigenvalue weighted by molar-refractivity contribution is 6.60. The summed E-state index contributed by atoms with van der Waals surface area (Å²) in [6.07, 6.45) is 2.87. The zero-order chi connectivity index (χ0) is 12.9. The number of imidazole rings is 1. The fourth-order valence-electron chi connectivity index (χ4n) is 1.89. The van der Waals surface area contributed by atoms with Gasteiger partial charge in [0.2, 0.25) is 0 Å². The van der Waals surface area contributed by atoms with Crippen molar-refractivity contribution in [2.45, 2.75) is 32.9 Å². The van der Waals surface area contributed by atoms with E-state index in [1.165, 1.54) is 0 Å². The first kappa shape index (κ1) is 14.4. The van der Waals surface area contributed by atoms with Gasteiger partial charge in [-0.15, -0.1) is 0 Å². The Hall–Kier alpha value is -0.693. The second kappa shape index (κ2) is 6.30. The van der Waals surface area contributed by atoms with Crippen LogP contribution in [0.4, 0.5) is 0 Å². The third-order valence-corrected chi connectivity index (χ3v) is 5.64. The molecule has 0 aromatic carbocycles. The Morgan fingerprint density at radius 1 is 1.24 bits per heavy atom. The summed E-state index contributed by atoms with van der Waals surface area (Å²) in [6.45, 7) is 5.04. The SMILES string of the molecule is CCn1cc(C)nc1CC[Si](OC)(OC)OC. The molecule has 1 aromatic heterocycles. The monoisotopic (exact) mass is 258 g/mol. The van der Waals surface area contributed by atoms with Crippen molar-refractivity contribution in [2.24, 2.45) is 0 Å². The van der Waals surface area contributed by atoms with E-state index < -0.39 is 8.80 Å². The Labute approximate surface area is 104 Å². The van der Waals surface area contributed by atoms with Crippen LogP contribution in [0.5, 0.6) is 0 Å². The topological polar surface area (TPSA) is 45.5 Å². The fraction of sp³-hybridized carbons (Fsp3) is 0.727. The summed E-state index contributed by atoms with van der Waals surface area (Å²) >= 11 is 0. The molecule has 17 heavy (non-hydrogen) atoms. The molecule has 0 aliphatic carbocycles. The van der Waals surface area contributed by atoms with Gasteiger partial charge in [-0.3, -0.25) is 0 Å². The molecule has 1 heterocycles. The van der Waals surface area contributed by atoms with Crippen LogP contribution in [0.2, 0.25) is 6.04 Å². The largest absolute Gasteiger partial charge is 0.500 e. The molecule has 5 nitrogen and oxygen atoms in total. The molecule has 1 rings (SSSR count). The van der Waals surface area contributed by atoms with Crippen molar-refractivity contribution >= 4 is 8.80 Å². The highest BCUT2D eigenvalue weighted by Gasteiger charge is 2.37. The van der Waals surface area contributed by atoms with E-state index in [0.717, 1.165) is 30.5 Å². The molecule has 98 valence electrons. The van der Waals surface area contributed by atoms with Crippen LogP contribution < -0.4 is 0 Å². The van der Waals surface area contributed by atoms with Crippen molar-refractivity contribution < 1.29 is 13.3 Å². The number of hydrogen-bond acceptors (Lipinski definition) is 4. The second-order valence-corrected chi connectivity index (χ2v) is 6.97. The number of aryl methyl sites for hydroxylation is 3. The van der Waals surface area contributed by atoms with Crippen LogP contribution in [0.15, 0.2) is 6.20 Å². The Bertz CT molecular complexity index is 342. The Morgan fingerprint density at radius 2 is 1.82 bits per heavy atom. The summed E-state index contributed by atoms with van der Waals surface area (Å²) in [6, 6.07) is 0.743. The lowest BCUT2D eigenvalue weighted by atomic mass is 10.4. The molecule has 0 aliphatic rings. The quantitative estimate of drug-likeness (QED) is 0.697. The maximum atomic E-state index is 5.40. The second-order valence-electron chi connectivity index (χ2n) is 3.88. The molecule has 0 atom stereocenters. The van der Waals surface area contributed by atoms with E-state index >= 15 is 0 Å². The third-order valence-electron chi connectivity index (χ3n) is 2.91. The van der Waals surface area contributed by atoms with Crippen LogP contribution in [-0.2, 0) is 26.2 Å². The fourth-order valence-corrected chi connectivity index (χ4v) is 3.53. The zero-order valence-corrected chi connectivity index (χ0v) is 12.3. The number of rotatable bonds is 7. The predicted molar refractivity (Wildman–Crippen MR) is 67.9 cm³/mol. The first-order valence-corrected chi connectivity index (χ1v) is 7.72. The van der Waals surface area contributed by atoms with Gasteiger partial charge in [0.15, 0.2) is 0 Å². The lowest BCUT2D eigenvalue weighted by Crippen LogP contribution is -2.43. The van der Waals surface area contributed by atoms with Gasteiger partial charge in [0.1, 0.15) is 5.82 Å². The minimum atomic E-state index is -2.48. The van der Waals surface area contributed by atoms with Crippen LogP contribution in [-0.4, -0.2) is 39.7 Å². The van der Waals surface area contributed by atoms with E-state index in [-0.39, 0.29) is 0 Å². The smallest absolute Gasteiger partial charge is 0.377 e. The normalized spacial score (nSPS) is 12.1. The minimum Gasteiger partial charge on any atom is -0.377 e. The average Bonchev–Trinajstić information content (AvgIpc) is 2.72. The summed E-state index contributed by atoms with van der Waals surface area (Å²) in [5.41, 5.74) is 1.04. The third kappa shape index (κ3) is 3.38. The summed E-state index contributed by atoms with van der Waals surface area (Å²) in [7, 11) is 2.43. The average molecular weight is 258 g/mol. The van der Waals surface area contributed by atoms with E-state index in [4.69, 9.17) is 13.3 Å². The molecule has 0 saturated heterocycles. The van der Waals surface area contributed by atoms with Crippen molar-refractivity contribution in [3.63, 3.8) is 0 Å². The van der Waals surface area contributed by atoms with E-state index in [2.05, 4.69) is 22.7 Å². The predicted octanol–water partition coefficient (Wildman–Crippen LogP) is 1.63. The van der Waals surface area contributed by atoms with E-state index in [9.17, 15) is 0 Å². The molecule has 0 bridgehead atoms. The van der Waals surface area contributed by atoms with Gasteiger partial charge in [-0.2, -0.15) is 0 Å². The lowest BCUT2D eigenvalue weighted by molar-refractivity contribution is 0.123. The standard InChI is InChI=1S/C11H22N2O3Si/c1-6-13-9-10(2)12-11(13)7-8-17(14-3,15-4)16-5/h9H,6-8H2,1-5H3. The van der Waals surface area contributed by atoms with Crippen LogP contribution in [0.3, 0.4) is 0 Å². The van der Waals surface area contributed by atoms with Gasteiger partial charge < -0.3 is 17.8 Å². The summed E-state index contributed by atoms with van der Waals surface area (Å²) < 4.78 is 18.3. The van der Waals surface area contributed by atoms with Crippen LogP contribution in [0, 0.1) is 6.92 Å². The van der Waals surface area contributed by atoms with E-state index in [0.29, 0.717) is 0 Å². The molecule has 1 aromatic rings. The molecule has 0 N–H and O–H groups in total. The number of nitrogens with zero attached hydrogens (tertiary/aromatic N) is 2. The lowest BCUT2D eigenvalue weighted by Gasteiger charge is -2.24. The van der Waals surface area contributed by atoms with Crippen molar-refractivity contribution in [1.82, 2.24) is 9.55 Å². The molecule has 0 fully saturated rings. The highest BCUT2D eigenvalue weighted by atomic mass is 28.4. The molecule has 0 aliphatic heterocycles. The van der Waals surface area contributed by atoms with Crippen LogP contribution in [0.1, 0.15) is 18.4 Å². The zero-order valence-electron chi connectivity index (χ0n) is 11.3. The van der Waals surface area contributed by atoms with Crippen molar-refractivity contribution in [3.05, 3.63) is 17.7 Å². The van der Waals surface area contributed by atoms with Crippen molar-refractivity contribution in [1.29, 1.82) is 0 Å². The van der Waals surface area contributed by atoms with Gasteiger partial charge >= 0.3 is 8.80 Å². The first-order valence-electron chi connectivity index (χ1n) is 5.79. The summed E-state index contributed by atoms with van der Waals surface area (Å²) in [5, 5.41) is 0. The van der Waals surface area contributed by atoms with E-state index in [1.54, 1.807) is 21.3 Å². The molecule has 0 unspecified atom stereocenters. The first-order chi connectivity index (χ1) is 8.10. The Balaban J connectivity index is 2.71. The van der Waals surface area contributed by atoms with Crippen LogP contribution in [0.25, 0.3) is 0 Å². The van der Waals surface area contributed by atoms with E-state index in [1.807, 2.05) is 6.92 Å². The maximum Gasteiger partial charge on any atom is 0.500 e. The summed E-state index contributed by atoms with van der Waals surface area (Å²) in [4.78, 5) is 4.51. The van der Waals surface area contributed by atoms with Gasteiger partial charge in [0, 0.05) is 46.5 Å². The molecular formula is C11H22N2O3Si. The van der Waals surface area contributed by atoms with Gasteiger partial charge in [-0.25, -0.2) is 4.98 Å². The van der Waals surface area contributed by atoms with Crippen molar-refractivity contribution in [3.8, 4) is 0 Å². The molecule has 0 saturated carbocycles. The van der Waals surface area contributed by atoms with Crippen molar-refractivity contribution in [2.75, 3.05) is 21.3 Å². The summed E-state index contributed by atoms with van der Waals surface area (Å²) in [5.74, 6) is 1.06. The van der Waals surface area contributed by atoms with Crippen LogP contribution >= 0.6 is 0 Å². The van der Waals surface area contributed by atoms with Gasteiger partial charge in [0.25, 0.3) is 0 Å². The highest BCUT2D eigenvalue weighted by Crippen LogP contribution is 2.16. The van der Waals surface area contributed by atoms with Gasteiger partial charge in [-0.1, -0.05) is 0 Å². The molecule has 6 heteroatoms. The molecule has 0 spiro atoms. The molecule has 0 radical (unpaired) electrons. The Morgan fingerprint density at radius 3 is 2.29 bits per heavy atom. The molecule has 0 amide bonds. The number of hydrogen-bond donors (Lipinski definition) is 0. The Kier molecular flexibility index (Phi) is 5.32. The van der Waals surface area contributed by atoms with Gasteiger partial charge in [-0.05, 0) is 13.8 Å². The molecular weight excluding hydrogens is 236 g/mol. The number of aromatic nitrogens is 2. The van der Waals surface area contributed by atoms with Gasteiger partial charge in [0.05, 0.1) is 5.69 Å².